The molecule has 72 valence electrons. The molecule has 14 heavy (non-hydrogen) atoms. The van der Waals surface area contributed by atoms with E-state index < -0.39 is 0 Å². The van der Waals surface area contributed by atoms with Gasteiger partial charge in [-0.05, 0) is 6.07 Å². The van der Waals surface area contributed by atoms with Crippen molar-refractivity contribution in [1.82, 2.24) is 9.78 Å². The summed E-state index contributed by atoms with van der Waals surface area (Å²) in [5, 5.41) is 3.98. The van der Waals surface area contributed by atoms with E-state index in [9.17, 15) is 0 Å². The number of hydrogen-bond donors (Lipinski definition) is 1. The lowest BCUT2D eigenvalue weighted by Gasteiger charge is -2.04. The Morgan fingerprint density at radius 1 is 1.71 bits per heavy atom. The molecule has 0 atom stereocenters. The second-order valence-corrected chi connectivity index (χ2v) is 2.23. The van der Waals surface area contributed by atoms with Crippen molar-refractivity contribution in [1.29, 1.82) is 0 Å². The van der Waals surface area contributed by atoms with Gasteiger partial charge < -0.3 is 19.9 Å². The minimum Gasteiger partial charge on any atom is -0.421 e. The maximum absolute atomic E-state index is 5.18. The summed E-state index contributed by atoms with van der Waals surface area (Å²) < 4.78 is 11.1. The highest BCUT2D eigenvalue weighted by atomic mass is 16.4. The fourth-order valence-corrected chi connectivity index (χ4v) is 0.777. The van der Waals surface area contributed by atoms with Crippen molar-refractivity contribution in [3.63, 3.8) is 0 Å². The molecule has 8 heteroatoms. The first-order valence-electron chi connectivity index (χ1n) is 3.95. The largest absolute Gasteiger partial charge is 0.459 e. The fraction of sp³-hybridized carbons (Fsp3) is 0.333. The summed E-state index contributed by atoms with van der Waals surface area (Å²) in [6, 6.07) is 1.78. The molecule has 0 aromatic carbocycles. The average Bonchev–Trinajstić information content (AvgIpc) is 2.71. The van der Waals surface area contributed by atoms with Crippen molar-refractivity contribution in [3.05, 3.63) is 18.5 Å². The normalized spacial score (nSPS) is 11.4. The highest BCUT2D eigenvalue weighted by Crippen LogP contribution is 1.87. The highest BCUT2D eigenvalue weighted by Gasteiger charge is 2.05. The predicted octanol–water partition coefficient (Wildman–Crippen LogP) is -1.18. The Morgan fingerprint density at radius 2 is 2.57 bits per heavy atom. The average molecular weight is 192 g/mol. The second-order valence-electron chi connectivity index (χ2n) is 2.23. The molecule has 0 bridgehead atoms. The van der Waals surface area contributed by atoms with Crippen LogP contribution in [0, 0.1) is 0 Å². The van der Waals surface area contributed by atoms with Crippen LogP contribution in [0.1, 0.15) is 0 Å². The van der Waals surface area contributed by atoms with E-state index in [2.05, 4.69) is 14.7 Å². The van der Waals surface area contributed by atoms with Crippen LogP contribution < -0.4 is 5.73 Å². The number of hydrogen-bond acceptors (Lipinski definition) is 5. The second kappa shape index (κ2) is 6.36. The lowest BCUT2D eigenvalue weighted by Crippen LogP contribution is -2.25. The predicted molar refractivity (Wildman–Crippen MR) is 53.7 cm³/mol. The van der Waals surface area contributed by atoms with Gasteiger partial charge in [0.15, 0.2) is 0 Å². The van der Waals surface area contributed by atoms with Gasteiger partial charge >= 0.3 is 15.1 Å². The van der Waals surface area contributed by atoms with Crippen LogP contribution in [0.4, 0.5) is 0 Å². The third kappa shape index (κ3) is 3.33. The number of aromatic nitrogens is 2. The molecule has 0 fully saturated rings. The minimum absolute atomic E-state index is 0.0905. The van der Waals surface area contributed by atoms with E-state index in [1.54, 1.807) is 18.5 Å². The van der Waals surface area contributed by atoms with Crippen LogP contribution >= 0.6 is 0 Å². The maximum atomic E-state index is 5.18. The van der Waals surface area contributed by atoms with Gasteiger partial charge in [-0.2, -0.15) is 5.10 Å². The van der Waals surface area contributed by atoms with E-state index in [4.69, 9.17) is 10.4 Å². The molecule has 0 saturated carbocycles. The summed E-state index contributed by atoms with van der Waals surface area (Å²) in [5.41, 5.74) is 5.67. The van der Waals surface area contributed by atoms with Gasteiger partial charge in [-0.25, -0.2) is 4.68 Å². The van der Waals surface area contributed by atoms with Crippen LogP contribution in [-0.2, 0) is 9.31 Å². The zero-order chi connectivity index (χ0) is 10.2. The van der Waals surface area contributed by atoms with Crippen LogP contribution in [0.5, 0.6) is 0 Å². The Balaban J connectivity index is 2.62. The van der Waals surface area contributed by atoms with Crippen molar-refractivity contribution in [2.75, 3.05) is 13.8 Å². The molecular formula is C6H10B2N4O2. The van der Waals surface area contributed by atoms with Crippen LogP contribution in [0.15, 0.2) is 23.4 Å². The molecule has 0 aliphatic carbocycles. The molecule has 1 heterocycles. The molecule has 0 saturated heterocycles. The van der Waals surface area contributed by atoms with Gasteiger partial charge in [0.1, 0.15) is 5.73 Å². The van der Waals surface area contributed by atoms with Crippen molar-refractivity contribution >= 4 is 20.8 Å². The van der Waals surface area contributed by atoms with Crippen molar-refractivity contribution in [2.24, 2.45) is 10.6 Å². The molecule has 0 aliphatic heterocycles. The molecule has 2 N–H and O–H groups in total. The Morgan fingerprint density at radius 3 is 3.14 bits per heavy atom. The SMILES string of the molecule is CO[B]N=C([B]OCN)n1cccn1. The lowest BCUT2D eigenvalue weighted by molar-refractivity contribution is 0.356. The summed E-state index contributed by atoms with van der Waals surface area (Å²) in [5.74, 6) is 0. The summed E-state index contributed by atoms with van der Waals surface area (Å²) in [4.78, 5) is 3.96. The summed E-state index contributed by atoms with van der Waals surface area (Å²) in [7, 11) is 4.20. The summed E-state index contributed by atoms with van der Waals surface area (Å²) in [6.45, 7) is 0.0905. The van der Waals surface area contributed by atoms with E-state index in [1.165, 1.54) is 26.9 Å². The molecule has 2 radical (unpaired) electrons. The molecular weight excluding hydrogens is 182 g/mol. The van der Waals surface area contributed by atoms with Gasteiger partial charge in [-0.3, -0.25) is 0 Å². The number of rotatable bonds is 5. The molecule has 0 aliphatic rings. The van der Waals surface area contributed by atoms with Crippen LogP contribution in [-0.4, -0.2) is 44.5 Å². The van der Waals surface area contributed by atoms with Crippen LogP contribution in [0.3, 0.4) is 0 Å². The minimum atomic E-state index is 0.0905. The smallest absolute Gasteiger partial charge is 0.421 e. The van der Waals surface area contributed by atoms with Gasteiger partial charge in [0, 0.05) is 19.5 Å². The van der Waals surface area contributed by atoms with E-state index in [-0.39, 0.29) is 6.73 Å². The first kappa shape index (κ1) is 11.0. The first-order valence-corrected chi connectivity index (χ1v) is 3.95. The molecule has 6 nitrogen and oxygen atoms in total. The molecule has 1 aromatic rings. The van der Waals surface area contributed by atoms with Crippen LogP contribution in [0.2, 0.25) is 0 Å². The third-order valence-electron chi connectivity index (χ3n) is 1.31. The van der Waals surface area contributed by atoms with Gasteiger partial charge in [-0.15, -0.1) is 0 Å². The molecule has 1 rings (SSSR count). The zero-order valence-electron chi connectivity index (χ0n) is 7.83. The zero-order valence-corrected chi connectivity index (χ0v) is 7.83. The summed E-state index contributed by atoms with van der Waals surface area (Å²) in [6.07, 6.45) is 3.37. The van der Waals surface area contributed by atoms with E-state index in [0.29, 0.717) is 5.73 Å². The molecule has 1 aromatic heterocycles. The highest BCUT2D eigenvalue weighted by molar-refractivity contribution is 6.71. The Labute approximate surface area is 83.7 Å². The standard InChI is InChI=1S/C6H10B2N4O2/c1-13-8-11-6(7-14-5-9)12-4-2-3-10-12/h2-4H,5,9H2,1H3. The monoisotopic (exact) mass is 192 g/mol. The van der Waals surface area contributed by atoms with E-state index in [0.717, 1.165) is 0 Å². The van der Waals surface area contributed by atoms with Crippen molar-refractivity contribution in [3.8, 4) is 0 Å². The summed E-state index contributed by atoms with van der Waals surface area (Å²) >= 11 is 0. The van der Waals surface area contributed by atoms with Gasteiger partial charge in [-0.1, -0.05) is 0 Å². The Hall–Kier alpha value is -1.11. The molecule has 0 spiro atoms. The topological polar surface area (TPSA) is 74.7 Å². The molecule has 0 amide bonds. The van der Waals surface area contributed by atoms with E-state index >= 15 is 0 Å². The number of nitrogens with zero attached hydrogens (tertiary/aromatic N) is 3. The quantitative estimate of drug-likeness (QED) is 0.275. The Kier molecular flexibility index (Phi) is 4.98. The fourth-order valence-electron chi connectivity index (χ4n) is 0.777. The van der Waals surface area contributed by atoms with Gasteiger partial charge in [0.2, 0.25) is 0 Å². The molecule has 0 unspecified atom stereocenters. The van der Waals surface area contributed by atoms with Gasteiger partial charge in [0.05, 0.1) is 6.73 Å². The van der Waals surface area contributed by atoms with Crippen LogP contribution in [0.25, 0.3) is 0 Å². The van der Waals surface area contributed by atoms with Crippen molar-refractivity contribution in [2.45, 2.75) is 0 Å². The van der Waals surface area contributed by atoms with E-state index in [1.807, 2.05) is 0 Å². The lowest BCUT2D eigenvalue weighted by atomic mass is 9.98. The maximum Gasteiger partial charge on any atom is 0.459 e. The Bertz CT molecular complexity index is 277. The first-order chi connectivity index (χ1) is 6.88. The van der Waals surface area contributed by atoms with Gasteiger partial charge in [0.25, 0.3) is 0 Å². The number of nitrogens with two attached hydrogens (primary N) is 1. The third-order valence-corrected chi connectivity index (χ3v) is 1.31. The van der Waals surface area contributed by atoms with Crippen molar-refractivity contribution < 1.29 is 9.31 Å².